The van der Waals surface area contributed by atoms with Gasteiger partial charge >= 0.3 is 5.97 Å². The number of nitrogens with zero attached hydrogens (tertiary/aromatic N) is 2. The molecule has 0 aromatic carbocycles. The predicted octanol–water partition coefficient (Wildman–Crippen LogP) is 2.16. The quantitative estimate of drug-likeness (QED) is 0.845. The van der Waals surface area contributed by atoms with Gasteiger partial charge in [0.1, 0.15) is 10.6 Å². The van der Waals surface area contributed by atoms with E-state index in [0.717, 1.165) is 6.07 Å². The second-order valence-corrected chi connectivity index (χ2v) is 7.00. The molecule has 2 heterocycles. The molecule has 0 amide bonds. The third kappa shape index (κ3) is 3.42. The predicted molar refractivity (Wildman–Crippen MR) is 79.3 cm³/mol. The van der Waals surface area contributed by atoms with Crippen LogP contribution in [0.1, 0.15) is 29.5 Å². The van der Waals surface area contributed by atoms with Crippen LogP contribution in [0.25, 0.3) is 0 Å². The van der Waals surface area contributed by atoms with Gasteiger partial charge in [0.25, 0.3) is 10.0 Å². The van der Waals surface area contributed by atoms with Crippen LogP contribution in [0, 0.1) is 6.92 Å². The molecule has 0 aliphatic carbocycles. The van der Waals surface area contributed by atoms with Crippen molar-refractivity contribution in [2.45, 2.75) is 31.7 Å². The van der Waals surface area contributed by atoms with Crippen LogP contribution in [-0.4, -0.2) is 29.0 Å². The van der Waals surface area contributed by atoms with Crippen LogP contribution in [-0.2, 0) is 16.6 Å². The number of carbonyl (C=O) groups is 1. The summed E-state index contributed by atoms with van der Waals surface area (Å²) in [5, 5.41) is 11.1. The number of rotatable bonds is 6. The number of carboxylic acid groups (broad SMARTS) is 1. The first-order valence-corrected chi connectivity index (χ1v) is 8.58. The molecule has 2 aromatic rings. The molecule has 0 aliphatic heterocycles. The Morgan fingerprint density at radius 3 is 2.76 bits per heavy atom. The number of nitrogens with one attached hydrogen (secondary N) is 1. The molecule has 9 heteroatoms. The molecule has 2 rings (SSSR count). The minimum absolute atomic E-state index is 0.0486. The summed E-state index contributed by atoms with van der Waals surface area (Å²) in [6.45, 7) is 4.08. The maximum Gasteiger partial charge on any atom is 0.352 e. The molecule has 0 unspecified atom stereocenters. The van der Waals surface area contributed by atoms with E-state index >= 15 is 0 Å². The normalized spacial score (nSPS) is 11.5. The van der Waals surface area contributed by atoms with Crippen molar-refractivity contribution in [2.24, 2.45) is 0 Å². The first-order chi connectivity index (χ1) is 9.83. The van der Waals surface area contributed by atoms with Crippen LogP contribution in [0.4, 0.5) is 5.13 Å². The van der Waals surface area contributed by atoms with Crippen LogP contribution in [0.2, 0.25) is 0 Å². The molecule has 2 aromatic heterocycles. The van der Waals surface area contributed by atoms with E-state index in [1.807, 2.05) is 6.92 Å². The summed E-state index contributed by atoms with van der Waals surface area (Å²) in [4.78, 5) is 15.1. The van der Waals surface area contributed by atoms with E-state index in [4.69, 9.17) is 5.11 Å². The smallest absolute Gasteiger partial charge is 0.352 e. The van der Waals surface area contributed by atoms with Gasteiger partial charge in [-0.15, -0.1) is 11.3 Å². The maximum atomic E-state index is 12.3. The Labute approximate surface area is 126 Å². The lowest BCUT2D eigenvalue weighted by Gasteiger charge is -2.03. The Kier molecular flexibility index (Phi) is 4.33. The minimum Gasteiger partial charge on any atom is -0.477 e. The Morgan fingerprint density at radius 2 is 2.24 bits per heavy atom. The molecular weight excluding hydrogens is 314 g/mol. The number of carboxylic acids is 1. The van der Waals surface area contributed by atoms with Crippen molar-refractivity contribution in [2.75, 3.05) is 4.72 Å². The molecule has 0 spiro atoms. The first kappa shape index (κ1) is 15.5. The SMILES string of the molecule is CCCn1cc(S(=O)(=O)Nc2nc(C)cs2)cc1C(=O)O. The number of sulfonamides is 1. The highest BCUT2D eigenvalue weighted by molar-refractivity contribution is 7.93. The minimum atomic E-state index is -3.84. The topological polar surface area (TPSA) is 101 Å². The van der Waals surface area contributed by atoms with Gasteiger partial charge in [-0.25, -0.2) is 18.2 Å². The highest BCUT2D eigenvalue weighted by Crippen LogP contribution is 2.21. The zero-order valence-electron chi connectivity index (χ0n) is 11.5. The van der Waals surface area contributed by atoms with Gasteiger partial charge in [-0.05, 0) is 19.4 Å². The van der Waals surface area contributed by atoms with E-state index in [9.17, 15) is 13.2 Å². The number of aryl methyl sites for hydroxylation is 2. The second kappa shape index (κ2) is 5.86. The summed E-state index contributed by atoms with van der Waals surface area (Å²) in [6.07, 6.45) is 2.03. The Bertz CT molecular complexity index is 761. The number of aromatic nitrogens is 2. The van der Waals surface area contributed by atoms with E-state index in [0.29, 0.717) is 18.7 Å². The second-order valence-electron chi connectivity index (χ2n) is 4.46. The van der Waals surface area contributed by atoms with Crippen molar-refractivity contribution < 1.29 is 18.3 Å². The largest absolute Gasteiger partial charge is 0.477 e. The van der Waals surface area contributed by atoms with E-state index in [-0.39, 0.29) is 15.7 Å². The molecule has 7 nitrogen and oxygen atoms in total. The average Bonchev–Trinajstić information content (AvgIpc) is 2.96. The van der Waals surface area contributed by atoms with Gasteiger partial charge in [0.05, 0.1) is 5.69 Å². The lowest BCUT2D eigenvalue weighted by Crippen LogP contribution is -2.12. The molecule has 21 heavy (non-hydrogen) atoms. The third-order valence-electron chi connectivity index (χ3n) is 2.71. The highest BCUT2D eigenvalue weighted by atomic mass is 32.2. The Balaban J connectivity index is 2.35. The van der Waals surface area contributed by atoms with Crippen molar-refractivity contribution in [3.63, 3.8) is 0 Å². The van der Waals surface area contributed by atoms with Crippen LogP contribution in [0.5, 0.6) is 0 Å². The number of anilines is 1. The fraction of sp³-hybridized carbons (Fsp3) is 0.333. The number of thiazole rings is 1. The number of hydrogen-bond donors (Lipinski definition) is 2. The van der Waals surface area contributed by atoms with Gasteiger partial charge in [0.15, 0.2) is 5.13 Å². The molecule has 0 radical (unpaired) electrons. The van der Waals surface area contributed by atoms with Crippen molar-refractivity contribution in [3.05, 3.63) is 29.0 Å². The monoisotopic (exact) mass is 329 g/mol. The van der Waals surface area contributed by atoms with Crippen molar-refractivity contribution in [1.82, 2.24) is 9.55 Å². The first-order valence-electron chi connectivity index (χ1n) is 6.22. The van der Waals surface area contributed by atoms with E-state index in [1.165, 1.54) is 22.1 Å². The molecule has 0 aliphatic rings. The summed E-state index contributed by atoms with van der Waals surface area (Å²) in [5.41, 5.74) is 0.667. The van der Waals surface area contributed by atoms with Crippen LogP contribution in [0.15, 0.2) is 22.5 Å². The lowest BCUT2D eigenvalue weighted by molar-refractivity contribution is 0.0685. The van der Waals surface area contributed by atoms with Gasteiger partial charge in [-0.3, -0.25) is 4.72 Å². The summed E-state index contributed by atoms with van der Waals surface area (Å²) >= 11 is 1.17. The average molecular weight is 329 g/mol. The molecule has 0 bridgehead atoms. The molecule has 0 saturated carbocycles. The van der Waals surface area contributed by atoms with Crippen LogP contribution in [0.3, 0.4) is 0 Å². The third-order valence-corrected chi connectivity index (χ3v) is 5.02. The van der Waals surface area contributed by atoms with E-state index in [1.54, 1.807) is 12.3 Å². The molecule has 114 valence electrons. The van der Waals surface area contributed by atoms with Gasteiger partial charge < -0.3 is 9.67 Å². The molecule has 0 saturated heterocycles. The van der Waals surface area contributed by atoms with Gasteiger partial charge in [-0.1, -0.05) is 6.92 Å². The lowest BCUT2D eigenvalue weighted by atomic mass is 10.4. The van der Waals surface area contributed by atoms with Crippen molar-refractivity contribution >= 4 is 32.5 Å². The van der Waals surface area contributed by atoms with Gasteiger partial charge in [0.2, 0.25) is 0 Å². The van der Waals surface area contributed by atoms with Crippen LogP contribution >= 0.6 is 11.3 Å². The van der Waals surface area contributed by atoms with Crippen molar-refractivity contribution in [3.8, 4) is 0 Å². The van der Waals surface area contributed by atoms with Gasteiger partial charge in [0, 0.05) is 18.1 Å². The highest BCUT2D eigenvalue weighted by Gasteiger charge is 2.22. The summed E-state index contributed by atoms with van der Waals surface area (Å²) in [7, 11) is -3.84. The standard InChI is InChI=1S/C12H15N3O4S2/c1-3-4-15-6-9(5-10(15)11(16)17)21(18,19)14-12-13-8(2)7-20-12/h5-7H,3-4H2,1-2H3,(H,13,14)(H,16,17). The fourth-order valence-corrected chi connectivity index (χ4v) is 3.79. The molecule has 0 fully saturated rings. The molecule has 0 atom stereocenters. The molecule has 2 N–H and O–H groups in total. The Hall–Kier alpha value is -1.87. The van der Waals surface area contributed by atoms with Gasteiger partial charge in [-0.2, -0.15) is 0 Å². The van der Waals surface area contributed by atoms with Crippen LogP contribution < -0.4 is 4.72 Å². The zero-order chi connectivity index (χ0) is 15.6. The molecular formula is C12H15N3O4S2. The number of hydrogen-bond acceptors (Lipinski definition) is 5. The zero-order valence-corrected chi connectivity index (χ0v) is 13.2. The number of aromatic carboxylic acids is 1. The Morgan fingerprint density at radius 1 is 1.52 bits per heavy atom. The van der Waals surface area contributed by atoms with E-state index in [2.05, 4.69) is 9.71 Å². The summed E-state index contributed by atoms with van der Waals surface area (Å²) in [6, 6.07) is 1.15. The van der Waals surface area contributed by atoms with E-state index < -0.39 is 16.0 Å². The summed E-state index contributed by atoms with van der Waals surface area (Å²) < 4.78 is 28.3. The fourth-order valence-electron chi connectivity index (χ4n) is 1.81. The maximum absolute atomic E-state index is 12.3. The van der Waals surface area contributed by atoms with Crippen molar-refractivity contribution in [1.29, 1.82) is 0 Å². The summed E-state index contributed by atoms with van der Waals surface area (Å²) in [5.74, 6) is -1.16.